The van der Waals surface area contributed by atoms with Crippen LogP contribution in [0, 0.1) is 6.92 Å². The Balaban J connectivity index is 1.36. The van der Waals surface area contributed by atoms with Crippen molar-refractivity contribution in [2.45, 2.75) is 25.5 Å². The van der Waals surface area contributed by atoms with Crippen molar-refractivity contribution in [1.29, 1.82) is 0 Å². The highest BCUT2D eigenvalue weighted by Crippen LogP contribution is 2.34. The maximum absolute atomic E-state index is 12.9. The fourth-order valence-electron chi connectivity index (χ4n) is 3.86. The summed E-state index contributed by atoms with van der Waals surface area (Å²) in [6.07, 6.45) is 1.10. The van der Waals surface area contributed by atoms with E-state index in [-0.39, 0.29) is 11.4 Å². The van der Waals surface area contributed by atoms with Crippen LogP contribution in [0.1, 0.15) is 26.8 Å². The third-order valence-corrected chi connectivity index (χ3v) is 8.18. The summed E-state index contributed by atoms with van der Waals surface area (Å²) in [7, 11) is 0. The van der Waals surface area contributed by atoms with E-state index in [2.05, 4.69) is 15.2 Å². The average Bonchev–Trinajstić information content (AvgIpc) is 3.40. The molecule has 9 heteroatoms. The van der Waals surface area contributed by atoms with Gasteiger partial charge < -0.3 is 14.8 Å². The van der Waals surface area contributed by atoms with Gasteiger partial charge in [-0.15, -0.1) is 11.3 Å². The number of aromatic nitrogens is 1. The van der Waals surface area contributed by atoms with Gasteiger partial charge in [-0.05, 0) is 43.4 Å². The minimum atomic E-state index is -0.0488. The van der Waals surface area contributed by atoms with Crippen LogP contribution in [0.2, 0.25) is 5.02 Å². The summed E-state index contributed by atoms with van der Waals surface area (Å²) in [6.45, 7) is 6.27. The lowest BCUT2D eigenvalue weighted by molar-refractivity contribution is -0.0129. The number of benzene rings is 1. The fraction of sp³-hybridized carbons (Fsp3) is 0.524. The van der Waals surface area contributed by atoms with Crippen molar-refractivity contribution >= 4 is 40.6 Å². The molecule has 4 rings (SSSR count). The number of amides is 1. The van der Waals surface area contributed by atoms with Crippen LogP contribution in [-0.2, 0) is 11.3 Å². The number of carbonyl (C=O) groups is 1. The highest BCUT2D eigenvalue weighted by atomic mass is 35.5. The Bertz CT molecular complexity index is 863. The molecule has 3 heterocycles. The first-order valence-electron chi connectivity index (χ1n) is 10.1. The molecule has 1 aromatic heterocycles. The predicted molar refractivity (Wildman–Crippen MR) is 122 cm³/mol. The highest BCUT2D eigenvalue weighted by Gasteiger charge is 2.41. The Labute approximate surface area is 190 Å². The van der Waals surface area contributed by atoms with Crippen molar-refractivity contribution in [1.82, 2.24) is 15.2 Å². The molecule has 162 valence electrons. The van der Waals surface area contributed by atoms with Gasteiger partial charge >= 0.3 is 0 Å². The van der Waals surface area contributed by atoms with Crippen molar-refractivity contribution in [2.75, 3.05) is 44.4 Å². The molecule has 2 aliphatic rings. The largest absolute Gasteiger partial charge is 0.486 e. The molecular weight excluding hydrogens is 442 g/mol. The van der Waals surface area contributed by atoms with E-state index in [0.717, 1.165) is 60.7 Å². The second-order valence-electron chi connectivity index (χ2n) is 7.57. The Kier molecular flexibility index (Phi) is 7.20. The topological polar surface area (TPSA) is 63.7 Å². The third-order valence-electron chi connectivity index (χ3n) is 5.57. The molecule has 2 aromatic rings. The Morgan fingerprint density at radius 2 is 2.10 bits per heavy atom. The standard InChI is InChI=1S/C21H26ClN3O3S2/c1-15-19(30-18(24-15)12-28-17-4-2-16(22)3-5-17)20(26)23-13-21(6-11-29-14-21)25-7-9-27-10-8-25/h2-5H,6-14H2,1H3,(H,23,26). The van der Waals surface area contributed by atoms with Gasteiger partial charge in [-0.2, -0.15) is 11.8 Å². The number of morpholine rings is 1. The summed E-state index contributed by atoms with van der Waals surface area (Å²) in [4.78, 5) is 20.6. The number of thioether (sulfide) groups is 1. The molecule has 2 saturated heterocycles. The summed E-state index contributed by atoms with van der Waals surface area (Å²) < 4.78 is 11.3. The predicted octanol–water partition coefficient (Wildman–Crippen LogP) is 3.62. The van der Waals surface area contributed by atoms with Crippen molar-refractivity contribution in [3.05, 3.63) is 44.9 Å². The fourth-order valence-corrected chi connectivity index (χ4v) is 6.36. The van der Waals surface area contributed by atoms with E-state index in [1.165, 1.54) is 11.3 Å². The highest BCUT2D eigenvalue weighted by molar-refractivity contribution is 7.99. The molecule has 2 fully saturated rings. The Hall–Kier alpha value is -1.32. The van der Waals surface area contributed by atoms with E-state index in [4.69, 9.17) is 21.1 Å². The van der Waals surface area contributed by atoms with Crippen LogP contribution in [0.5, 0.6) is 5.75 Å². The van der Waals surface area contributed by atoms with Crippen LogP contribution in [0.3, 0.4) is 0 Å². The first kappa shape index (κ1) is 21.9. The zero-order valence-corrected chi connectivity index (χ0v) is 19.4. The van der Waals surface area contributed by atoms with Gasteiger partial charge in [0.2, 0.25) is 0 Å². The third kappa shape index (κ3) is 5.11. The molecule has 0 aliphatic carbocycles. The number of carbonyl (C=O) groups excluding carboxylic acids is 1. The van der Waals surface area contributed by atoms with E-state index in [1.54, 1.807) is 12.1 Å². The van der Waals surface area contributed by atoms with Crippen LogP contribution in [0.15, 0.2) is 24.3 Å². The zero-order chi connectivity index (χ0) is 21.0. The summed E-state index contributed by atoms with van der Waals surface area (Å²) in [6, 6.07) is 7.21. The number of halogens is 1. The van der Waals surface area contributed by atoms with Gasteiger partial charge in [0.1, 0.15) is 22.2 Å². The van der Waals surface area contributed by atoms with Crippen LogP contribution in [-0.4, -0.2) is 65.7 Å². The van der Waals surface area contributed by atoms with Gasteiger partial charge in [0.15, 0.2) is 0 Å². The lowest BCUT2D eigenvalue weighted by Gasteiger charge is -2.43. The molecule has 6 nitrogen and oxygen atoms in total. The molecule has 1 unspecified atom stereocenters. The van der Waals surface area contributed by atoms with Gasteiger partial charge in [-0.1, -0.05) is 11.6 Å². The first-order chi connectivity index (χ1) is 14.6. The van der Waals surface area contributed by atoms with E-state index >= 15 is 0 Å². The second-order valence-corrected chi connectivity index (χ2v) is 10.2. The lowest BCUT2D eigenvalue weighted by atomic mass is 9.95. The molecule has 1 atom stereocenters. The van der Waals surface area contributed by atoms with Crippen molar-refractivity contribution in [3.8, 4) is 5.75 Å². The molecule has 0 bridgehead atoms. The Morgan fingerprint density at radius 1 is 1.33 bits per heavy atom. The molecule has 30 heavy (non-hydrogen) atoms. The number of nitrogens with one attached hydrogen (secondary N) is 1. The summed E-state index contributed by atoms with van der Waals surface area (Å²) >= 11 is 9.26. The molecule has 1 aromatic carbocycles. The van der Waals surface area contributed by atoms with Crippen LogP contribution in [0.4, 0.5) is 0 Å². The summed E-state index contributed by atoms with van der Waals surface area (Å²) in [5, 5.41) is 4.65. The number of rotatable bonds is 7. The monoisotopic (exact) mass is 467 g/mol. The SMILES string of the molecule is Cc1nc(COc2ccc(Cl)cc2)sc1C(=O)NCC1(N2CCOCC2)CCSC1. The summed E-state index contributed by atoms with van der Waals surface area (Å²) in [5.74, 6) is 2.87. The smallest absolute Gasteiger partial charge is 0.263 e. The number of nitrogens with zero attached hydrogens (tertiary/aromatic N) is 2. The number of hydrogen-bond donors (Lipinski definition) is 1. The molecule has 0 spiro atoms. The van der Waals surface area contributed by atoms with Crippen molar-refractivity contribution in [2.24, 2.45) is 0 Å². The number of hydrogen-bond acceptors (Lipinski definition) is 7. The average molecular weight is 468 g/mol. The molecule has 1 N–H and O–H groups in total. The number of ether oxygens (including phenoxy) is 2. The zero-order valence-electron chi connectivity index (χ0n) is 17.0. The van der Waals surface area contributed by atoms with Crippen molar-refractivity contribution < 1.29 is 14.3 Å². The molecule has 0 saturated carbocycles. The summed E-state index contributed by atoms with van der Waals surface area (Å²) in [5.41, 5.74) is 0.775. The maximum Gasteiger partial charge on any atom is 0.263 e. The van der Waals surface area contributed by atoms with Gasteiger partial charge in [0.25, 0.3) is 5.91 Å². The normalized spacial score (nSPS) is 22.2. The maximum atomic E-state index is 12.9. The van der Waals surface area contributed by atoms with Gasteiger partial charge in [-0.25, -0.2) is 4.98 Å². The van der Waals surface area contributed by atoms with Gasteiger partial charge in [0, 0.05) is 35.9 Å². The second kappa shape index (κ2) is 9.87. The van der Waals surface area contributed by atoms with E-state index < -0.39 is 0 Å². The van der Waals surface area contributed by atoms with Gasteiger partial charge in [-0.3, -0.25) is 9.69 Å². The number of aryl methyl sites for hydroxylation is 1. The van der Waals surface area contributed by atoms with E-state index in [1.807, 2.05) is 30.8 Å². The molecular formula is C21H26ClN3O3S2. The van der Waals surface area contributed by atoms with E-state index in [0.29, 0.717) is 23.1 Å². The lowest BCUT2D eigenvalue weighted by Crippen LogP contribution is -2.59. The molecule has 0 radical (unpaired) electrons. The van der Waals surface area contributed by atoms with Crippen LogP contribution < -0.4 is 10.1 Å². The molecule has 2 aliphatic heterocycles. The minimum absolute atomic E-state index is 0.0310. The van der Waals surface area contributed by atoms with Crippen molar-refractivity contribution in [3.63, 3.8) is 0 Å². The quantitative estimate of drug-likeness (QED) is 0.671. The molecule has 1 amide bonds. The van der Waals surface area contributed by atoms with Gasteiger partial charge in [0.05, 0.1) is 18.9 Å². The Morgan fingerprint density at radius 3 is 2.80 bits per heavy atom. The number of thiazole rings is 1. The van der Waals surface area contributed by atoms with Crippen LogP contribution >= 0.6 is 34.7 Å². The first-order valence-corrected chi connectivity index (χ1v) is 12.4. The van der Waals surface area contributed by atoms with E-state index in [9.17, 15) is 4.79 Å². The minimum Gasteiger partial charge on any atom is -0.486 e. The van der Waals surface area contributed by atoms with Crippen LogP contribution in [0.25, 0.3) is 0 Å².